The number of hydrogen-bond donors (Lipinski definition) is 0. The fourth-order valence-corrected chi connectivity index (χ4v) is 2.41. The van der Waals surface area contributed by atoms with Crippen LogP contribution in [0.15, 0.2) is 40.9 Å². The number of ether oxygens (including phenoxy) is 1. The molecule has 2 rings (SSSR count). The Balaban J connectivity index is 2.28. The van der Waals surface area contributed by atoms with E-state index in [9.17, 15) is 4.39 Å². The second-order valence-corrected chi connectivity index (χ2v) is 5.40. The summed E-state index contributed by atoms with van der Waals surface area (Å²) in [4.78, 5) is 0. The van der Waals surface area contributed by atoms with Crippen molar-refractivity contribution in [3.05, 3.63) is 57.3 Å². The van der Waals surface area contributed by atoms with Gasteiger partial charge in [0.25, 0.3) is 0 Å². The molecule has 0 heterocycles. The van der Waals surface area contributed by atoms with Gasteiger partial charge >= 0.3 is 0 Å². The van der Waals surface area contributed by atoms with Gasteiger partial charge in [0.1, 0.15) is 17.3 Å². The van der Waals surface area contributed by atoms with Gasteiger partial charge in [0, 0.05) is 5.33 Å². The third kappa shape index (κ3) is 3.25. The molecule has 0 saturated carbocycles. The summed E-state index contributed by atoms with van der Waals surface area (Å²) in [5.41, 5.74) is 1.06. The molecule has 0 bridgehead atoms. The van der Waals surface area contributed by atoms with Gasteiger partial charge in [0.15, 0.2) is 0 Å². The summed E-state index contributed by atoms with van der Waals surface area (Å²) in [7, 11) is 0. The van der Waals surface area contributed by atoms with Crippen LogP contribution in [-0.4, -0.2) is 0 Å². The highest BCUT2D eigenvalue weighted by atomic mass is 79.9. The van der Waals surface area contributed by atoms with Crippen molar-refractivity contribution in [1.29, 1.82) is 0 Å². The lowest BCUT2D eigenvalue weighted by molar-refractivity contribution is 0.477. The average Bonchev–Trinajstić information content (AvgIpc) is 2.34. The molecule has 0 fully saturated rings. The normalized spacial score (nSPS) is 10.4. The Morgan fingerprint density at radius 1 is 1.11 bits per heavy atom. The maximum atomic E-state index is 12.9. The summed E-state index contributed by atoms with van der Waals surface area (Å²) in [6.45, 7) is 0. The Labute approximate surface area is 126 Å². The number of halogens is 4. The van der Waals surface area contributed by atoms with Crippen molar-refractivity contribution in [2.45, 2.75) is 5.33 Å². The van der Waals surface area contributed by atoms with Crippen molar-refractivity contribution in [2.24, 2.45) is 0 Å². The second-order valence-electron chi connectivity index (χ2n) is 3.58. The Morgan fingerprint density at radius 3 is 2.44 bits per heavy atom. The van der Waals surface area contributed by atoms with Gasteiger partial charge in [0.2, 0.25) is 0 Å². The molecule has 18 heavy (non-hydrogen) atoms. The van der Waals surface area contributed by atoms with E-state index in [1.165, 1.54) is 12.1 Å². The van der Waals surface area contributed by atoms with Crippen LogP contribution >= 0.6 is 43.5 Å². The van der Waals surface area contributed by atoms with Gasteiger partial charge in [-0.25, -0.2) is 4.39 Å². The van der Waals surface area contributed by atoms with Crippen molar-refractivity contribution in [3.63, 3.8) is 0 Å². The third-order valence-corrected chi connectivity index (χ3v) is 3.83. The zero-order valence-electron chi connectivity index (χ0n) is 9.09. The molecule has 94 valence electrons. The summed E-state index contributed by atoms with van der Waals surface area (Å²) in [6.07, 6.45) is 0. The van der Waals surface area contributed by atoms with Crippen LogP contribution in [-0.2, 0) is 5.33 Å². The zero-order chi connectivity index (χ0) is 13.1. The number of hydrogen-bond acceptors (Lipinski definition) is 1. The Bertz CT molecular complexity index is 575. The van der Waals surface area contributed by atoms with Crippen molar-refractivity contribution < 1.29 is 9.13 Å². The molecule has 0 aromatic heterocycles. The van der Waals surface area contributed by atoms with Gasteiger partial charge in [-0.1, -0.05) is 33.6 Å². The van der Waals surface area contributed by atoms with Crippen LogP contribution in [0.4, 0.5) is 4.39 Å². The summed E-state index contributed by atoms with van der Waals surface area (Å²) >= 11 is 12.7. The maximum absolute atomic E-state index is 12.9. The Kier molecular flexibility index (Phi) is 4.65. The molecular formula is C13H8Br2ClFO. The summed E-state index contributed by atoms with van der Waals surface area (Å²) < 4.78 is 19.1. The molecule has 0 N–H and O–H groups in total. The molecule has 0 radical (unpaired) electrons. The second kappa shape index (κ2) is 6.04. The van der Waals surface area contributed by atoms with E-state index in [0.29, 0.717) is 21.0 Å². The molecule has 0 aliphatic rings. The Hall–Kier alpha value is -0.580. The highest BCUT2D eigenvalue weighted by Crippen LogP contribution is 2.34. The van der Waals surface area contributed by atoms with Crippen LogP contribution < -0.4 is 4.74 Å². The van der Waals surface area contributed by atoms with Crippen molar-refractivity contribution in [3.8, 4) is 11.5 Å². The largest absolute Gasteiger partial charge is 0.455 e. The van der Waals surface area contributed by atoms with Gasteiger partial charge < -0.3 is 4.74 Å². The van der Waals surface area contributed by atoms with E-state index in [1.54, 1.807) is 12.1 Å². The van der Waals surface area contributed by atoms with E-state index in [2.05, 4.69) is 31.9 Å². The highest BCUT2D eigenvalue weighted by Gasteiger charge is 2.07. The first-order valence-corrected chi connectivity index (χ1v) is 7.36. The van der Waals surface area contributed by atoms with Gasteiger partial charge in [-0.3, -0.25) is 0 Å². The minimum absolute atomic E-state index is 0.324. The van der Waals surface area contributed by atoms with Gasteiger partial charge in [0.05, 0.1) is 9.50 Å². The average molecular weight is 394 g/mol. The first-order valence-electron chi connectivity index (χ1n) is 5.07. The number of benzene rings is 2. The van der Waals surface area contributed by atoms with Crippen LogP contribution in [0, 0.1) is 5.82 Å². The van der Waals surface area contributed by atoms with Crippen LogP contribution in [0.25, 0.3) is 0 Å². The quantitative estimate of drug-likeness (QED) is 0.587. The van der Waals surface area contributed by atoms with Crippen LogP contribution in [0.2, 0.25) is 5.02 Å². The van der Waals surface area contributed by atoms with Crippen molar-refractivity contribution in [2.75, 3.05) is 0 Å². The predicted molar refractivity (Wildman–Crippen MR) is 78.3 cm³/mol. The molecule has 2 aromatic carbocycles. The van der Waals surface area contributed by atoms with Gasteiger partial charge in [-0.05, 0) is 51.8 Å². The van der Waals surface area contributed by atoms with E-state index in [0.717, 1.165) is 10.9 Å². The van der Waals surface area contributed by atoms with E-state index >= 15 is 0 Å². The summed E-state index contributed by atoms with van der Waals surface area (Å²) in [5, 5.41) is 1.25. The third-order valence-electron chi connectivity index (χ3n) is 2.26. The molecule has 5 heteroatoms. The van der Waals surface area contributed by atoms with E-state index in [-0.39, 0.29) is 5.82 Å². The van der Waals surface area contributed by atoms with Crippen molar-refractivity contribution in [1.82, 2.24) is 0 Å². The van der Waals surface area contributed by atoms with E-state index < -0.39 is 0 Å². The lowest BCUT2D eigenvalue weighted by atomic mass is 10.2. The molecule has 0 atom stereocenters. The van der Waals surface area contributed by atoms with E-state index in [1.807, 2.05) is 12.1 Å². The topological polar surface area (TPSA) is 9.23 Å². The van der Waals surface area contributed by atoms with E-state index in [4.69, 9.17) is 16.3 Å². The molecule has 0 aliphatic heterocycles. The maximum Gasteiger partial charge on any atom is 0.146 e. The molecule has 0 aliphatic carbocycles. The molecule has 1 nitrogen and oxygen atoms in total. The van der Waals surface area contributed by atoms with Crippen LogP contribution in [0.1, 0.15) is 5.56 Å². The van der Waals surface area contributed by atoms with Crippen molar-refractivity contribution >= 4 is 43.5 Å². The summed E-state index contributed by atoms with van der Waals surface area (Å²) in [6, 6.07) is 9.75. The SMILES string of the molecule is Fc1ccc(Oc2ccc(CBr)cc2Cl)c(Br)c1. The lowest BCUT2D eigenvalue weighted by Crippen LogP contribution is -1.88. The van der Waals surface area contributed by atoms with Gasteiger partial charge in [-0.2, -0.15) is 0 Å². The highest BCUT2D eigenvalue weighted by molar-refractivity contribution is 9.10. The molecule has 2 aromatic rings. The molecule has 0 spiro atoms. The summed E-state index contributed by atoms with van der Waals surface area (Å²) in [5.74, 6) is 0.730. The number of alkyl halides is 1. The lowest BCUT2D eigenvalue weighted by Gasteiger charge is -2.10. The van der Waals surface area contributed by atoms with Crippen LogP contribution in [0.3, 0.4) is 0 Å². The Morgan fingerprint density at radius 2 is 1.83 bits per heavy atom. The zero-order valence-corrected chi connectivity index (χ0v) is 13.0. The molecule has 0 saturated heterocycles. The fourth-order valence-electron chi connectivity index (χ4n) is 1.39. The monoisotopic (exact) mass is 392 g/mol. The number of rotatable bonds is 3. The first kappa shape index (κ1) is 13.8. The minimum Gasteiger partial charge on any atom is -0.455 e. The first-order chi connectivity index (χ1) is 8.60. The minimum atomic E-state index is -0.324. The standard InChI is InChI=1S/C13H8Br2ClFO/c14-7-8-1-3-13(11(16)5-8)18-12-4-2-9(17)6-10(12)15/h1-6H,7H2. The molecule has 0 unspecified atom stereocenters. The predicted octanol–water partition coefficient (Wildman–Crippen LogP) is 5.93. The molecule has 0 amide bonds. The van der Waals surface area contributed by atoms with Gasteiger partial charge in [-0.15, -0.1) is 0 Å². The fraction of sp³-hybridized carbons (Fsp3) is 0.0769. The van der Waals surface area contributed by atoms with Crippen LogP contribution in [0.5, 0.6) is 11.5 Å². The molecular weight excluding hydrogens is 386 g/mol. The smallest absolute Gasteiger partial charge is 0.146 e.